The smallest absolute Gasteiger partial charge is 0.194 e. The molecular weight excluding hydrogens is 336 g/mol. The van der Waals surface area contributed by atoms with Gasteiger partial charge in [0, 0.05) is 22.9 Å². The van der Waals surface area contributed by atoms with E-state index in [1.807, 2.05) is 0 Å². The maximum absolute atomic E-state index is 4.70. The van der Waals surface area contributed by atoms with E-state index in [1.54, 1.807) is 23.5 Å². The predicted molar refractivity (Wildman–Crippen MR) is 103 cm³/mol. The minimum absolute atomic E-state index is 0.0374. The molecule has 4 rings (SSSR count). The van der Waals surface area contributed by atoms with Gasteiger partial charge in [0.1, 0.15) is 0 Å². The van der Waals surface area contributed by atoms with E-state index >= 15 is 0 Å². The lowest BCUT2D eigenvalue weighted by Gasteiger charge is -2.23. The topological polar surface area (TPSA) is 31.2 Å². The van der Waals surface area contributed by atoms with Crippen molar-refractivity contribution in [3.63, 3.8) is 0 Å². The average Bonchev–Trinajstić information content (AvgIpc) is 3.16. The molecule has 0 N–H and O–H groups in total. The van der Waals surface area contributed by atoms with Crippen LogP contribution in [0.1, 0.15) is 13.8 Å². The Morgan fingerprint density at radius 2 is 1.17 bits per heavy atom. The highest BCUT2D eigenvalue weighted by atomic mass is 32.2. The third-order valence-corrected chi connectivity index (χ3v) is 6.61. The highest BCUT2D eigenvalue weighted by Crippen LogP contribution is 2.46. The Morgan fingerprint density at radius 3 is 1.58 bits per heavy atom. The summed E-state index contributed by atoms with van der Waals surface area (Å²) in [6.07, 6.45) is 0. The number of hydrogen-bond acceptors (Lipinski definition) is 6. The van der Waals surface area contributed by atoms with Crippen molar-refractivity contribution in [1.82, 2.24) is 0 Å². The number of rotatable bonds is 4. The zero-order chi connectivity index (χ0) is 16.5. The second-order valence-corrected chi connectivity index (χ2v) is 7.82. The van der Waals surface area contributed by atoms with E-state index in [0.717, 1.165) is 13.1 Å². The van der Waals surface area contributed by atoms with Gasteiger partial charge in [0.2, 0.25) is 0 Å². The van der Waals surface area contributed by atoms with Crippen molar-refractivity contribution in [3.8, 4) is 0 Å². The first-order valence-corrected chi connectivity index (χ1v) is 10.0. The van der Waals surface area contributed by atoms with Gasteiger partial charge >= 0.3 is 0 Å². The van der Waals surface area contributed by atoms with Crippen molar-refractivity contribution in [2.24, 2.45) is 10.2 Å². The van der Waals surface area contributed by atoms with Crippen LogP contribution in [0.15, 0.2) is 68.6 Å². The Morgan fingerprint density at radius 1 is 0.750 bits per heavy atom. The number of anilines is 2. The Balaban J connectivity index is 1.54. The summed E-state index contributed by atoms with van der Waals surface area (Å²) in [6.45, 7) is 6.21. The van der Waals surface area contributed by atoms with Crippen molar-refractivity contribution >= 4 is 34.9 Å². The van der Waals surface area contributed by atoms with E-state index < -0.39 is 0 Å². The van der Waals surface area contributed by atoms with Gasteiger partial charge in [-0.05, 0) is 38.1 Å². The molecule has 2 heterocycles. The van der Waals surface area contributed by atoms with Gasteiger partial charge in [-0.15, -0.1) is 0 Å². The summed E-state index contributed by atoms with van der Waals surface area (Å²) < 4.78 is 0. The number of azo groups is 1. The summed E-state index contributed by atoms with van der Waals surface area (Å²) >= 11 is 3.57. The second kappa shape index (κ2) is 6.69. The van der Waals surface area contributed by atoms with Crippen LogP contribution in [0, 0.1) is 0 Å². The molecule has 4 nitrogen and oxygen atoms in total. The first-order chi connectivity index (χ1) is 11.8. The van der Waals surface area contributed by atoms with Gasteiger partial charge in [-0.3, -0.25) is 0 Å². The van der Waals surface area contributed by atoms with Crippen LogP contribution in [0.4, 0.5) is 11.4 Å². The van der Waals surface area contributed by atoms with E-state index in [-0.39, 0.29) is 11.0 Å². The molecule has 0 radical (unpaired) electrons. The third-order valence-electron chi connectivity index (χ3n) is 4.29. The Bertz CT molecular complexity index is 701. The van der Waals surface area contributed by atoms with Crippen molar-refractivity contribution in [1.29, 1.82) is 0 Å². The van der Waals surface area contributed by atoms with Gasteiger partial charge in [-0.25, -0.2) is 0 Å². The number of fused-ring (bicyclic) bond motifs is 2. The molecule has 0 saturated carbocycles. The molecule has 2 aliphatic heterocycles. The molecule has 24 heavy (non-hydrogen) atoms. The van der Waals surface area contributed by atoms with Gasteiger partial charge in [0.15, 0.2) is 11.0 Å². The Hall–Kier alpha value is -1.66. The van der Waals surface area contributed by atoms with Gasteiger partial charge in [0.05, 0.1) is 11.4 Å². The molecule has 2 unspecified atom stereocenters. The fourth-order valence-corrected chi connectivity index (χ4v) is 5.48. The fraction of sp³-hybridized carbons (Fsp3) is 0.333. The summed E-state index contributed by atoms with van der Waals surface area (Å²) in [5.41, 5.74) is 2.61. The van der Waals surface area contributed by atoms with Crippen LogP contribution in [0.2, 0.25) is 0 Å². The summed E-state index contributed by atoms with van der Waals surface area (Å²) in [5, 5.41) is 9.41. The van der Waals surface area contributed by atoms with Gasteiger partial charge in [-0.1, -0.05) is 47.8 Å². The number of para-hydroxylation sites is 2. The first kappa shape index (κ1) is 15.8. The van der Waals surface area contributed by atoms with Gasteiger partial charge in [0.25, 0.3) is 0 Å². The first-order valence-electron chi connectivity index (χ1n) is 8.26. The van der Waals surface area contributed by atoms with E-state index in [0.29, 0.717) is 0 Å². The maximum atomic E-state index is 4.70. The molecule has 0 aromatic heterocycles. The lowest BCUT2D eigenvalue weighted by molar-refractivity contribution is 0.705. The zero-order valence-electron chi connectivity index (χ0n) is 13.8. The average molecular weight is 357 g/mol. The molecule has 0 spiro atoms. The number of thioether (sulfide) groups is 2. The molecular formula is C18H20N4S2. The van der Waals surface area contributed by atoms with Crippen LogP contribution in [-0.2, 0) is 0 Å². The van der Waals surface area contributed by atoms with Crippen LogP contribution in [-0.4, -0.2) is 24.1 Å². The van der Waals surface area contributed by atoms with Crippen molar-refractivity contribution < 1.29 is 0 Å². The third kappa shape index (κ3) is 2.67. The molecule has 6 heteroatoms. The number of benzene rings is 2. The monoisotopic (exact) mass is 356 g/mol. The van der Waals surface area contributed by atoms with Crippen LogP contribution in [0.5, 0.6) is 0 Å². The summed E-state index contributed by atoms with van der Waals surface area (Å²) in [7, 11) is 0. The molecule has 0 aliphatic carbocycles. The van der Waals surface area contributed by atoms with Crippen molar-refractivity contribution in [2.75, 3.05) is 22.9 Å². The quantitative estimate of drug-likeness (QED) is 0.698. The fourth-order valence-electron chi connectivity index (χ4n) is 3.12. The number of nitrogens with zero attached hydrogens (tertiary/aromatic N) is 4. The Kier molecular flexibility index (Phi) is 4.41. The molecule has 2 aromatic carbocycles. The zero-order valence-corrected chi connectivity index (χ0v) is 15.4. The van der Waals surface area contributed by atoms with Gasteiger partial charge in [-0.2, -0.15) is 10.2 Å². The summed E-state index contributed by atoms with van der Waals surface area (Å²) in [6, 6.07) is 17.0. The van der Waals surface area contributed by atoms with E-state index in [2.05, 4.69) is 72.2 Å². The van der Waals surface area contributed by atoms with Gasteiger partial charge < -0.3 is 9.80 Å². The lowest BCUT2D eigenvalue weighted by atomic mass is 10.3. The molecule has 2 atom stereocenters. The van der Waals surface area contributed by atoms with Crippen LogP contribution in [0.3, 0.4) is 0 Å². The highest BCUT2D eigenvalue weighted by Gasteiger charge is 2.31. The Labute approximate surface area is 151 Å². The summed E-state index contributed by atoms with van der Waals surface area (Å²) in [4.78, 5) is 7.20. The molecule has 2 aliphatic rings. The highest BCUT2D eigenvalue weighted by molar-refractivity contribution is 8.00. The SMILES string of the molecule is CCN1c2ccccc2SC1N=NC1Sc2ccccc2N1CC. The van der Waals surface area contributed by atoms with Crippen LogP contribution in [0.25, 0.3) is 0 Å². The minimum atomic E-state index is 0.0374. The van der Waals surface area contributed by atoms with Crippen LogP contribution >= 0.6 is 23.5 Å². The molecule has 0 amide bonds. The number of hydrogen-bond donors (Lipinski definition) is 0. The normalized spacial score (nSPS) is 22.2. The maximum Gasteiger partial charge on any atom is 0.194 e. The van der Waals surface area contributed by atoms with Crippen molar-refractivity contribution in [3.05, 3.63) is 48.5 Å². The molecule has 124 valence electrons. The minimum Gasteiger partial charge on any atom is -0.339 e. The summed E-state index contributed by atoms with van der Waals surface area (Å²) in [5.74, 6) is 0. The van der Waals surface area contributed by atoms with E-state index in [4.69, 9.17) is 10.2 Å². The van der Waals surface area contributed by atoms with E-state index in [9.17, 15) is 0 Å². The standard InChI is InChI=1S/C18H20N4S2/c1-3-21-13-9-5-7-11-15(13)23-17(21)19-20-18-22(4-2)14-10-6-8-12-16(14)24-18/h5-12,17-18H,3-4H2,1-2H3. The van der Waals surface area contributed by atoms with Crippen molar-refractivity contribution in [2.45, 2.75) is 34.6 Å². The molecule has 0 saturated heterocycles. The second-order valence-electron chi connectivity index (χ2n) is 5.63. The molecule has 0 bridgehead atoms. The molecule has 0 fully saturated rings. The lowest BCUT2D eigenvalue weighted by Crippen LogP contribution is -2.29. The van der Waals surface area contributed by atoms with Crippen LogP contribution < -0.4 is 9.80 Å². The predicted octanol–water partition coefficient (Wildman–Crippen LogP) is 5.27. The largest absolute Gasteiger partial charge is 0.339 e. The van der Waals surface area contributed by atoms with E-state index in [1.165, 1.54) is 21.2 Å². The molecule has 2 aromatic rings.